The van der Waals surface area contributed by atoms with Crippen LogP contribution in [0.1, 0.15) is 18.1 Å². The number of ether oxygens (including phenoxy) is 2. The second-order valence-corrected chi connectivity index (χ2v) is 6.46. The van der Waals surface area contributed by atoms with E-state index in [1.165, 1.54) is 44.4 Å². The van der Waals surface area contributed by atoms with Crippen LogP contribution in [0.3, 0.4) is 0 Å². The number of esters is 1. The number of hydrogen-bond acceptors (Lipinski definition) is 6. The molecule has 0 aliphatic carbocycles. The number of nitrogens with zero attached hydrogens (tertiary/aromatic N) is 1. The highest BCUT2D eigenvalue weighted by atomic mass is 35.5. The van der Waals surface area contributed by atoms with E-state index in [0.717, 1.165) is 5.56 Å². The number of anilines is 1. The Bertz CT molecular complexity index is 973. The molecular weight excluding hydrogens is 400 g/mol. The third-order valence-electron chi connectivity index (χ3n) is 3.93. The Balaban J connectivity index is 2.01. The minimum atomic E-state index is -1.17. The number of halogens is 1. The van der Waals surface area contributed by atoms with Gasteiger partial charge in [-0.25, -0.2) is 4.79 Å². The Kier molecular flexibility index (Phi) is 7.33. The van der Waals surface area contributed by atoms with Crippen molar-refractivity contribution in [3.05, 3.63) is 68.7 Å². The molecule has 1 atom stereocenters. The molecule has 2 rings (SSSR count). The second-order valence-electron chi connectivity index (χ2n) is 6.05. The van der Waals surface area contributed by atoms with Gasteiger partial charge in [0.15, 0.2) is 6.10 Å². The number of hydrogen-bond donors (Lipinski definition) is 1. The Morgan fingerprint density at radius 2 is 1.97 bits per heavy atom. The molecule has 152 valence electrons. The summed E-state index contributed by atoms with van der Waals surface area (Å²) in [5.41, 5.74) is 1.23. The smallest absolute Gasteiger partial charge is 0.331 e. The summed E-state index contributed by atoms with van der Waals surface area (Å²) in [6.07, 6.45) is 1.50. The molecule has 0 saturated heterocycles. The van der Waals surface area contributed by atoms with Crippen LogP contribution in [-0.4, -0.2) is 30.0 Å². The number of rotatable bonds is 7. The van der Waals surface area contributed by atoms with Gasteiger partial charge < -0.3 is 14.8 Å². The summed E-state index contributed by atoms with van der Waals surface area (Å²) in [7, 11) is 1.37. The minimum Gasteiger partial charge on any atom is -0.496 e. The maximum Gasteiger partial charge on any atom is 0.331 e. The summed E-state index contributed by atoms with van der Waals surface area (Å²) < 4.78 is 9.98. The van der Waals surface area contributed by atoms with Gasteiger partial charge in [-0.1, -0.05) is 23.7 Å². The van der Waals surface area contributed by atoms with E-state index in [1.54, 1.807) is 12.1 Å². The first-order valence-corrected chi connectivity index (χ1v) is 8.87. The molecule has 1 amide bonds. The van der Waals surface area contributed by atoms with Crippen molar-refractivity contribution < 1.29 is 24.0 Å². The number of benzene rings is 2. The van der Waals surface area contributed by atoms with Crippen LogP contribution in [-0.2, 0) is 14.3 Å². The lowest BCUT2D eigenvalue weighted by molar-refractivity contribution is -0.384. The van der Waals surface area contributed by atoms with Gasteiger partial charge in [0.05, 0.1) is 18.1 Å². The maximum absolute atomic E-state index is 12.2. The number of carbonyl (C=O) groups excluding carboxylic acids is 2. The lowest BCUT2D eigenvalue weighted by atomic mass is 10.1. The van der Waals surface area contributed by atoms with Crippen LogP contribution in [0.5, 0.6) is 5.75 Å². The van der Waals surface area contributed by atoms with Crippen LogP contribution in [0.4, 0.5) is 11.4 Å². The van der Waals surface area contributed by atoms with Crippen molar-refractivity contribution in [1.82, 2.24) is 0 Å². The lowest BCUT2D eigenvalue weighted by Crippen LogP contribution is -2.29. The van der Waals surface area contributed by atoms with E-state index >= 15 is 0 Å². The van der Waals surface area contributed by atoms with Crippen molar-refractivity contribution in [3.8, 4) is 5.75 Å². The van der Waals surface area contributed by atoms with Crippen molar-refractivity contribution >= 4 is 40.9 Å². The zero-order chi connectivity index (χ0) is 21.6. The fourth-order valence-corrected chi connectivity index (χ4v) is 2.46. The first-order valence-electron chi connectivity index (χ1n) is 8.49. The molecule has 0 unspecified atom stereocenters. The number of nitrogens with one attached hydrogen (secondary N) is 1. The van der Waals surface area contributed by atoms with Crippen molar-refractivity contribution in [2.75, 3.05) is 12.4 Å². The predicted molar refractivity (Wildman–Crippen MR) is 109 cm³/mol. The summed E-state index contributed by atoms with van der Waals surface area (Å²) in [5.74, 6) is -1.18. The number of methoxy groups -OCH3 is 1. The molecule has 2 aromatic rings. The Labute approximate surface area is 172 Å². The average molecular weight is 419 g/mol. The first-order chi connectivity index (χ1) is 13.7. The normalized spacial score (nSPS) is 11.7. The fourth-order valence-electron chi connectivity index (χ4n) is 2.27. The van der Waals surface area contributed by atoms with Crippen LogP contribution in [0, 0.1) is 17.0 Å². The largest absolute Gasteiger partial charge is 0.496 e. The molecule has 0 saturated carbocycles. The Morgan fingerprint density at radius 3 is 2.59 bits per heavy atom. The molecule has 9 heteroatoms. The average Bonchev–Trinajstić information content (AvgIpc) is 2.68. The Morgan fingerprint density at radius 1 is 1.24 bits per heavy atom. The van der Waals surface area contributed by atoms with Gasteiger partial charge in [0.25, 0.3) is 11.6 Å². The van der Waals surface area contributed by atoms with E-state index in [-0.39, 0.29) is 17.1 Å². The summed E-state index contributed by atoms with van der Waals surface area (Å²) in [6, 6.07) is 9.27. The second kappa shape index (κ2) is 9.70. The van der Waals surface area contributed by atoms with Gasteiger partial charge in [0.1, 0.15) is 11.4 Å². The summed E-state index contributed by atoms with van der Waals surface area (Å²) >= 11 is 6.03. The molecule has 0 bridgehead atoms. The summed E-state index contributed by atoms with van der Waals surface area (Å²) in [4.78, 5) is 34.7. The molecule has 0 fully saturated rings. The summed E-state index contributed by atoms with van der Waals surface area (Å²) in [5, 5.41) is 14.1. The standard InChI is InChI=1S/C20H19ClN2O6/c1-12-4-5-14(10-16(12)21)6-9-19(24)29-13(2)20(25)22-17-8-7-15(28-3)11-18(17)23(26)27/h4-11,13H,1-3H3,(H,22,25)/b9-6+/t13-/m0/s1. The topological polar surface area (TPSA) is 108 Å². The van der Waals surface area contributed by atoms with Gasteiger partial charge in [-0.2, -0.15) is 0 Å². The molecule has 2 aromatic carbocycles. The van der Waals surface area contributed by atoms with Crippen molar-refractivity contribution in [3.63, 3.8) is 0 Å². The lowest BCUT2D eigenvalue weighted by Gasteiger charge is -2.13. The Hall–Kier alpha value is -3.39. The molecule has 0 spiro atoms. The highest BCUT2D eigenvalue weighted by molar-refractivity contribution is 6.31. The van der Waals surface area contributed by atoms with E-state index in [9.17, 15) is 19.7 Å². The molecule has 0 heterocycles. The molecule has 0 aliphatic rings. The monoisotopic (exact) mass is 418 g/mol. The molecule has 0 aliphatic heterocycles. The number of aryl methyl sites for hydroxylation is 1. The van der Waals surface area contributed by atoms with Gasteiger partial charge in [0, 0.05) is 11.1 Å². The van der Waals surface area contributed by atoms with Gasteiger partial charge in [-0.05, 0) is 49.2 Å². The molecular formula is C20H19ClN2O6. The molecule has 0 aromatic heterocycles. The number of carbonyl (C=O) groups is 2. The van der Waals surface area contributed by atoms with Gasteiger partial charge in [0.2, 0.25) is 0 Å². The molecule has 1 N–H and O–H groups in total. The van der Waals surface area contributed by atoms with Crippen molar-refractivity contribution in [1.29, 1.82) is 0 Å². The van der Waals surface area contributed by atoms with Crippen LogP contribution in [0.25, 0.3) is 6.08 Å². The number of amides is 1. The van der Waals surface area contributed by atoms with E-state index < -0.39 is 22.9 Å². The van der Waals surface area contributed by atoms with E-state index in [2.05, 4.69) is 5.32 Å². The SMILES string of the molecule is COc1ccc(NC(=O)[C@H](C)OC(=O)/C=C/c2ccc(C)c(Cl)c2)c([N+](=O)[O-])c1. The van der Waals surface area contributed by atoms with Crippen molar-refractivity contribution in [2.45, 2.75) is 20.0 Å². The van der Waals surface area contributed by atoms with Crippen LogP contribution in [0.15, 0.2) is 42.5 Å². The van der Waals surface area contributed by atoms with Gasteiger partial charge >= 0.3 is 5.97 Å². The van der Waals surface area contributed by atoms with Gasteiger partial charge in [-0.15, -0.1) is 0 Å². The number of nitro benzene ring substituents is 1. The van der Waals surface area contributed by atoms with Gasteiger partial charge in [-0.3, -0.25) is 14.9 Å². The molecule has 0 radical (unpaired) electrons. The predicted octanol–water partition coefficient (Wildman–Crippen LogP) is 4.15. The zero-order valence-electron chi connectivity index (χ0n) is 16.0. The van der Waals surface area contributed by atoms with Crippen LogP contribution < -0.4 is 10.1 Å². The molecule has 8 nitrogen and oxygen atoms in total. The third-order valence-corrected chi connectivity index (χ3v) is 4.34. The quantitative estimate of drug-likeness (QED) is 0.313. The van der Waals surface area contributed by atoms with E-state index in [0.29, 0.717) is 10.6 Å². The fraction of sp³-hybridized carbons (Fsp3) is 0.200. The van der Waals surface area contributed by atoms with E-state index in [4.69, 9.17) is 21.1 Å². The highest BCUT2D eigenvalue weighted by Gasteiger charge is 2.22. The third kappa shape index (κ3) is 6.05. The van der Waals surface area contributed by atoms with E-state index in [1.807, 2.05) is 13.0 Å². The van der Waals surface area contributed by atoms with Crippen molar-refractivity contribution in [2.24, 2.45) is 0 Å². The zero-order valence-corrected chi connectivity index (χ0v) is 16.7. The van der Waals surface area contributed by atoms with Crippen LogP contribution in [0.2, 0.25) is 5.02 Å². The highest BCUT2D eigenvalue weighted by Crippen LogP contribution is 2.29. The summed E-state index contributed by atoms with van der Waals surface area (Å²) in [6.45, 7) is 3.22. The van der Waals surface area contributed by atoms with Crippen LogP contribution >= 0.6 is 11.6 Å². The minimum absolute atomic E-state index is 0.0338. The number of nitro groups is 1. The first kappa shape index (κ1) is 21.9. The maximum atomic E-state index is 12.2. The molecule has 29 heavy (non-hydrogen) atoms.